The first-order chi connectivity index (χ1) is 15.6. The summed E-state index contributed by atoms with van der Waals surface area (Å²) in [6.07, 6.45) is 4.68. The summed E-state index contributed by atoms with van der Waals surface area (Å²) in [6, 6.07) is 17.3. The predicted molar refractivity (Wildman–Crippen MR) is 126 cm³/mol. The summed E-state index contributed by atoms with van der Waals surface area (Å²) < 4.78 is 12.2. The van der Waals surface area contributed by atoms with E-state index in [0.29, 0.717) is 17.3 Å². The molecule has 1 fully saturated rings. The summed E-state index contributed by atoms with van der Waals surface area (Å²) in [5, 5.41) is 4.18. The van der Waals surface area contributed by atoms with Gasteiger partial charge in [-0.2, -0.15) is 0 Å². The van der Waals surface area contributed by atoms with Crippen LogP contribution in [0.25, 0.3) is 5.69 Å². The Kier molecular flexibility index (Phi) is 6.82. The van der Waals surface area contributed by atoms with E-state index < -0.39 is 0 Å². The number of ether oxygens (including phenoxy) is 2. The van der Waals surface area contributed by atoms with Crippen LogP contribution in [0.4, 0.5) is 0 Å². The van der Waals surface area contributed by atoms with E-state index in [2.05, 4.69) is 25.8 Å². The first kappa shape index (κ1) is 22.0. The van der Waals surface area contributed by atoms with E-state index >= 15 is 0 Å². The second-order valence-electron chi connectivity index (χ2n) is 7.51. The Bertz CT molecular complexity index is 1070. The van der Waals surface area contributed by atoms with E-state index in [1.807, 2.05) is 42.6 Å². The van der Waals surface area contributed by atoms with Crippen molar-refractivity contribution in [1.82, 2.24) is 19.8 Å². The monoisotopic (exact) mass is 450 g/mol. The highest BCUT2D eigenvalue weighted by Crippen LogP contribution is 2.39. The van der Waals surface area contributed by atoms with Gasteiger partial charge in [-0.3, -0.25) is 4.98 Å². The number of esters is 1. The van der Waals surface area contributed by atoms with E-state index in [1.54, 1.807) is 25.4 Å². The Morgan fingerprint density at radius 3 is 2.62 bits per heavy atom. The molecular formula is C24H26N4O3S. The van der Waals surface area contributed by atoms with Crippen molar-refractivity contribution in [2.45, 2.75) is 18.5 Å². The molecule has 0 spiro atoms. The summed E-state index contributed by atoms with van der Waals surface area (Å²) in [6.45, 7) is 1.43. The predicted octanol–water partition coefficient (Wildman–Crippen LogP) is 3.67. The van der Waals surface area contributed by atoms with Gasteiger partial charge >= 0.3 is 5.97 Å². The van der Waals surface area contributed by atoms with Crippen LogP contribution in [0.3, 0.4) is 0 Å². The van der Waals surface area contributed by atoms with Gasteiger partial charge in [-0.25, -0.2) is 4.79 Å². The van der Waals surface area contributed by atoms with E-state index in [-0.39, 0.29) is 18.1 Å². The summed E-state index contributed by atoms with van der Waals surface area (Å²) in [7, 11) is 3.09. The highest BCUT2D eigenvalue weighted by atomic mass is 32.1. The van der Waals surface area contributed by atoms with Crippen molar-refractivity contribution >= 4 is 23.3 Å². The van der Waals surface area contributed by atoms with E-state index in [1.165, 1.54) is 7.11 Å². The van der Waals surface area contributed by atoms with Gasteiger partial charge in [-0.15, -0.1) is 0 Å². The SMILES string of the molecule is COCCCN1C(=S)N[C@@H](c2ccccn2)[C@@H]1c1cccn1-c1ccc(C(=O)OC)cc1. The van der Waals surface area contributed by atoms with Crippen LogP contribution < -0.4 is 5.32 Å². The van der Waals surface area contributed by atoms with Crippen molar-refractivity contribution in [2.75, 3.05) is 27.4 Å². The average Bonchev–Trinajstić information content (AvgIpc) is 3.44. The molecule has 166 valence electrons. The first-order valence-corrected chi connectivity index (χ1v) is 10.9. The fourth-order valence-corrected chi connectivity index (χ4v) is 4.43. The van der Waals surface area contributed by atoms with Crippen molar-refractivity contribution < 1.29 is 14.3 Å². The van der Waals surface area contributed by atoms with Gasteiger partial charge in [0.1, 0.15) is 0 Å². The highest BCUT2D eigenvalue weighted by molar-refractivity contribution is 7.80. The zero-order valence-corrected chi connectivity index (χ0v) is 18.9. The first-order valence-electron chi connectivity index (χ1n) is 10.5. The maximum Gasteiger partial charge on any atom is 0.337 e. The van der Waals surface area contributed by atoms with Crippen molar-refractivity contribution in [3.8, 4) is 5.69 Å². The van der Waals surface area contributed by atoms with Gasteiger partial charge in [-0.05, 0) is 67.2 Å². The molecule has 0 radical (unpaired) electrons. The lowest BCUT2D eigenvalue weighted by atomic mass is 10.0. The molecule has 1 aliphatic rings. The Balaban J connectivity index is 1.72. The van der Waals surface area contributed by atoms with Crippen molar-refractivity contribution in [3.05, 3.63) is 83.9 Å². The van der Waals surface area contributed by atoms with Gasteiger partial charge in [0.2, 0.25) is 0 Å². The highest BCUT2D eigenvalue weighted by Gasteiger charge is 2.40. The molecule has 2 aromatic heterocycles. The fraction of sp³-hybridized carbons (Fsp3) is 0.292. The molecule has 0 unspecified atom stereocenters. The van der Waals surface area contributed by atoms with E-state index in [0.717, 1.165) is 30.0 Å². The fourth-order valence-electron chi connectivity index (χ4n) is 4.09. The third kappa shape index (κ3) is 4.37. The lowest BCUT2D eigenvalue weighted by molar-refractivity contribution is 0.0600. The number of aromatic nitrogens is 2. The van der Waals surface area contributed by atoms with Gasteiger partial charge in [0.15, 0.2) is 5.11 Å². The zero-order valence-electron chi connectivity index (χ0n) is 18.1. The van der Waals surface area contributed by atoms with Gasteiger partial charge in [-0.1, -0.05) is 6.07 Å². The van der Waals surface area contributed by atoms with Gasteiger partial charge in [0.05, 0.1) is 30.5 Å². The number of benzene rings is 1. The molecule has 0 saturated carbocycles. The normalized spacial score (nSPS) is 17.9. The van der Waals surface area contributed by atoms with Crippen LogP contribution >= 0.6 is 12.2 Å². The minimum atomic E-state index is -0.353. The molecule has 0 bridgehead atoms. The van der Waals surface area contributed by atoms with Crippen molar-refractivity contribution in [2.24, 2.45) is 0 Å². The lowest BCUT2D eigenvalue weighted by Gasteiger charge is -2.29. The average molecular weight is 451 g/mol. The molecule has 7 nitrogen and oxygen atoms in total. The third-order valence-electron chi connectivity index (χ3n) is 5.60. The number of carbonyl (C=O) groups is 1. The molecule has 4 rings (SSSR count). The molecule has 3 heterocycles. The minimum Gasteiger partial charge on any atom is -0.465 e. The van der Waals surface area contributed by atoms with Gasteiger partial charge in [0, 0.05) is 44.0 Å². The van der Waals surface area contributed by atoms with Gasteiger partial charge in [0.25, 0.3) is 0 Å². The summed E-state index contributed by atoms with van der Waals surface area (Å²) >= 11 is 5.72. The molecular weight excluding hydrogens is 424 g/mol. The zero-order chi connectivity index (χ0) is 22.5. The standard InChI is InChI=1S/C24H26N4O3S/c1-30-16-6-15-28-22(21(26-24(28)32)19-7-3-4-13-25-19)20-8-5-14-27(20)18-11-9-17(10-12-18)23(29)31-2/h3-5,7-14,21-22H,6,15-16H2,1-2H3,(H,26,32)/t21-,22-/m0/s1. The molecule has 32 heavy (non-hydrogen) atoms. The Labute approximate surface area is 193 Å². The molecule has 1 N–H and O–H groups in total. The summed E-state index contributed by atoms with van der Waals surface area (Å²) in [5.41, 5.74) is 3.48. The number of hydrogen-bond donors (Lipinski definition) is 1. The van der Waals surface area contributed by atoms with Crippen LogP contribution in [0.15, 0.2) is 67.0 Å². The second kappa shape index (κ2) is 9.93. The Hall–Kier alpha value is -3.23. The maximum absolute atomic E-state index is 11.8. The topological polar surface area (TPSA) is 68.6 Å². The van der Waals surface area contributed by atoms with Crippen molar-refractivity contribution in [3.63, 3.8) is 0 Å². The number of nitrogens with one attached hydrogen (secondary N) is 1. The molecule has 8 heteroatoms. The number of pyridine rings is 1. The Morgan fingerprint density at radius 1 is 1.12 bits per heavy atom. The summed E-state index contributed by atoms with van der Waals surface area (Å²) in [5.74, 6) is -0.353. The molecule has 0 amide bonds. The van der Waals surface area contributed by atoms with Crippen molar-refractivity contribution in [1.29, 1.82) is 0 Å². The largest absolute Gasteiger partial charge is 0.465 e. The van der Waals surface area contributed by atoms with Crippen LogP contribution in [0.1, 0.15) is 40.3 Å². The van der Waals surface area contributed by atoms with Crippen LogP contribution in [0.5, 0.6) is 0 Å². The molecule has 3 aromatic rings. The van der Waals surface area contributed by atoms with E-state index in [4.69, 9.17) is 21.7 Å². The van der Waals surface area contributed by atoms with E-state index in [9.17, 15) is 4.79 Å². The lowest BCUT2D eigenvalue weighted by Crippen LogP contribution is -2.32. The number of carbonyl (C=O) groups excluding carboxylic acids is 1. The third-order valence-corrected chi connectivity index (χ3v) is 5.95. The van der Waals surface area contributed by atoms with Gasteiger partial charge < -0.3 is 24.3 Å². The smallest absolute Gasteiger partial charge is 0.337 e. The molecule has 1 aliphatic heterocycles. The molecule has 1 saturated heterocycles. The maximum atomic E-state index is 11.8. The quantitative estimate of drug-likeness (QED) is 0.319. The van der Waals surface area contributed by atoms with Crippen LogP contribution in [0, 0.1) is 0 Å². The summed E-state index contributed by atoms with van der Waals surface area (Å²) in [4.78, 5) is 18.6. The second-order valence-corrected chi connectivity index (χ2v) is 7.89. The minimum absolute atomic E-state index is 0.0514. The molecule has 2 atom stereocenters. The number of rotatable bonds is 8. The number of methoxy groups -OCH3 is 2. The van der Waals surface area contributed by atoms with Crippen LogP contribution in [0.2, 0.25) is 0 Å². The number of nitrogens with zero attached hydrogens (tertiary/aromatic N) is 3. The Morgan fingerprint density at radius 2 is 1.94 bits per heavy atom. The number of thiocarbonyl (C=S) groups is 1. The molecule has 0 aliphatic carbocycles. The molecule has 1 aromatic carbocycles. The number of hydrogen-bond acceptors (Lipinski definition) is 5. The van der Waals surface area contributed by atoms with Crippen LogP contribution in [-0.2, 0) is 9.47 Å². The van der Waals surface area contributed by atoms with Crippen LogP contribution in [-0.4, -0.2) is 52.9 Å².